The predicted octanol–water partition coefficient (Wildman–Crippen LogP) is 5.11. The topological polar surface area (TPSA) is 104 Å². The van der Waals surface area contributed by atoms with Gasteiger partial charge in [0.2, 0.25) is 0 Å². The molecule has 0 bridgehead atoms. The van der Waals surface area contributed by atoms with Crippen molar-refractivity contribution in [3.63, 3.8) is 0 Å². The average molecular weight is 469 g/mol. The SMILES string of the molecule is Cc1cn(Cc2ccc(Cl)cc2)c(=O)nc1SCc1cc(-c2cccc([N+](=O)[O-])c2)no1. The Kier molecular flexibility index (Phi) is 6.38. The molecule has 0 fully saturated rings. The molecule has 0 aliphatic rings. The number of non-ortho nitro benzene ring substituents is 1. The van der Waals surface area contributed by atoms with Gasteiger partial charge in [0.25, 0.3) is 5.69 Å². The van der Waals surface area contributed by atoms with E-state index in [1.807, 2.05) is 19.1 Å². The summed E-state index contributed by atoms with van der Waals surface area (Å²) in [7, 11) is 0. The van der Waals surface area contributed by atoms with Crippen LogP contribution in [0, 0.1) is 17.0 Å². The molecule has 4 aromatic rings. The molecule has 162 valence electrons. The van der Waals surface area contributed by atoms with Crippen molar-refractivity contribution in [2.45, 2.75) is 24.2 Å². The number of benzene rings is 2. The van der Waals surface area contributed by atoms with E-state index in [4.69, 9.17) is 16.1 Å². The van der Waals surface area contributed by atoms with Gasteiger partial charge in [0.15, 0.2) is 0 Å². The summed E-state index contributed by atoms with van der Waals surface area (Å²) in [6, 6.07) is 15.2. The van der Waals surface area contributed by atoms with Crippen molar-refractivity contribution >= 4 is 29.1 Å². The van der Waals surface area contributed by atoms with E-state index in [1.165, 1.54) is 23.9 Å². The quantitative estimate of drug-likeness (QED) is 0.161. The highest BCUT2D eigenvalue weighted by Crippen LogP contribution is 2.27. The second kappa shape index (κ2) is 9.37. The van der Waals surface area contributed by atoms with Gasteiger partial charge in [-0.15, -0.1) is 0 Å². The fourth-order valence-electron chi connectivity index (χ4n) is 3.06. The Balaban J connectivity index is 1.46. The lowest BCUT2D eigenvalue weighted by Crippen LogP contribution is -2.24. The van der Waals surface area contributed by atoms with Crippen molar-refractivity contribution < 1.29 is 9.45 Å². The average Bonchev–Trinajstić information content (AvgIpc) is 3.26. The molecular weight excluding hydrogens is 452 g/mol. The second-order valence-corrected chi connectivity index (χ2v) is 8.44. The number of hydrogen-bond donors (Lipinski definition) is 0. The van der Waals surface area contributed by atoms with Gasteiger partial charge >= 0.3 is 5.69 Å². The summed E-state index contributed by atoms with van der Waals surface area (Å²) in [6.45, 7) is 2.30. The van der Waals surface area contributed by atoms with Gasteiger partial charge in [-0.3, -0.25) is 14.7 Å². The molecule has 0 saturated carbocycles. The molecule has 0 saturated heterocycles. The van der Waals surface area contributed by atoms with E-state index in [2.05, 4.69) is 10.1 Å². The lowest BCUT2D eigenvalue weighted by atomic mass is 10.1. The highest BCUT2D eigenvalue weighted by molar-refractivity contribution is 7.98. The second-order valence-electron chi connectivity index (χ2n) is 7.04. The summed E-state index contributed by atoms with van der Waals surface area (Å²) in [4.78, 5) is 27.2. The number of halogens is 1. The molecule has 0 aliphatic carbocycles. The molecule has 4 rings (SSSR count). The zero-order valence-electron chi connectivity index (χ0n) is 16.9. The first kappa shape index (κ1) is 21.8. The summed E-state index contributed by atoms with van der Waals surface area (Å²) in [5.74, 6) is 0.985. The third kappa shape index (κ3) is 5.06. The normalized spacial score (nSPS) is 10.9. The Labute approximate surface area is 192 Å². The zero-order valence-corrected chi connectivity index (χ0v) is 18.5. The van der Waals surface area contributed by atoms with E-state index in [9.17, 15) is 14.9 Å². The van der Waals surface area contributed by atoms with Crippen LogP contribution in [0.25, 0.3) is 11.3 Å². The highest BCUT2D eigenvalue weighted by atomic mass is 35.5. The predicted molar refractivity (Wildman–Crippen MR) is 122 cm³/mol. The molecule has 2 aromatic heterocycles. The lowest BCUT2D eigenvalue weighted by molar-refractivity contribution is -0.384. The molecule has 2 aromatic carbocycles. The molecule has 0 atom stereocenters. The summed E-state index contributed by atoms with van der Waals surface area (Å²) >= 11 is 7.27. The van der Waals surface area contributed by atoms with Crippen molar-refractivity contribution in [2.24, 2.45) is 0 Å². The number of nitrogens with zero attached hydrogens (tertiary/aromatic N) is 4. The molecule has 0 aliphatic heterocycles. The van der Waals surface area contributed by atoms with Crippen LogP contribution in [0.15, 0.2) is 75.1 Å². The maximum absolute atomic E-state index is 12.5. The standard InChI is InChI=1S/C22H17ClN4O4S/c1-14-11-26(12-15-5-7-17(23)8-6-15)22(28)24-21(14)32-13-19-10-20(25-31-19)16-3-2-4-18(9-16)27(29)30/h2-11H,12-13H2,1H3. The van der Waals surface area contributed by atoms with Gasteiger partial charge in [-0.25, -0.2) is 4.79 Å². The van der Waals surface area contributed by atoms with E-state index >= 15 is 0 Å². The fraction of sp³-hybridized carbons (Fsp3) is 0.136. The maximum atomic E-state index is 12.5. The zero-order chi connectivity index (χ0) is 22.7. The van der Waals surface area contributed by atoms with Gasteiger partial charge in [0.1, 0.15) is 16.5 Å². The van der Waals surface area contributed by atoms with E-state index in [1.54, 1.807) is 41.1 Å². The Morgan fingerprint density at radius 3 is 2.72 bits per heavy atom. The number of aryl methyl sites for hydroxylation is 1. The van der Waals surface area contributed by atoms with Crippen LogP contribution in [0.3, 0.4) is 0 Å². The van der Waals surface area contributed by atoms with Crippen molar-refractivity contribution in [1.82, 2.24) is 14.7 Å². The van der Waals surface area contributed by atoms with Crippen molar-refractivity contribution in [1.29, 1.82) is 0 Å². The van der Waals surface area contributed by atoms with Crippen LogP contribution in [0.1, 0.15) is 16.9 Å². The van der Waals surface area contributed by atoms with Gasteiger partial charge in [0.05, 0.1) is 17.2 Å². The number of nitro groups is 1. The van der Waals surface area contributed by atoms with Crippen LogP contribution in [0.2, 0.25) is 5.02 Å². The molecule has 0 N–H and O–H groups in total. The van der Waals surface area contributed by atoms with Gasteiger partial charge in [-0.1, -0.05) is 52.8 Å². The van der Waals surface area contributed by atoms with E-state index < -0.39 is 4.92 Å². The van der Waals surface area contributed by atoms with Crippen molar-refractivity contribution in [2.75, 3.05) is 0 Å². The minimum Gasteiger partial charge on any atom is -0.360 e. The molecule has 10 heteroatoms. The largest absolute Gasteiger partial charge is 0.360 e. The molecular formula is C22H17ClN4O4S. The third-order valence-electron chi connectivity index (χ3n) is 4.66. The lowest BCUT2D eigenvalue weighted by Gasteiger charge is -2.09. The Morgan fingerprint density at radius 2 is 1.97 bits per heavy atom. The summed E-state index contributed by atoms with van der Waals surface area (Å²) < 4.78 is 6.91. The number of thioether (sulfide) groups is 1. The van der Waals surface area contributed by atoms with Crippen LogP contribution >= 0.6 is 23.4 Å². The Bertz CT molecular complexity index is 1330. The van der Waals surface area contributed by atoms with Crippen LogP contribution in [0.4, 0.5) is 5.69 Å². The van der Waals surface area contributed by atoms with Gasteiger partial charge in [-0.2, -0.15) is 4.98 Å². The Morgan fingerprint density at radius 1 is 1.19 bits per heavy atom. The third-order valence-corrected chi connectivity index (χ3v) is 6.03. The van der Waals surface area contributed by atoms with E-state index in [-0.39, 0.29) is 11.4 Å². The molecule has 0 spiro atoms. The van der Waals surface area contributed by atoms with Crippen LogP contribution in [-0.2, 0) is 12.3 Å². The Hall–Kier alpha value is -3.43. The minimum absolute atomic E-state index is 0.0135. The number of nitro benzene ring substituents is 1. The number of rotatable bonds is 7. The van der Waals surface area contributed by atoms with Crippen molar-refractivity contribution in [3.05, 3.63) is 103 Å². The van der Waals surface area contributed by atoms with Gasteiger partial charge in [-0.05, 0) is 30.2 Å². The molecule has 0 radical (unpaired) electrons. The van der Waals surface area contributed by atoms with Crippen LogP contribution in [0.5, 0.6) is 0 Å². The maximum Gasteiger partial charge on any atom is 0.348 e. The fourth-order valence-corrected chi connectivity index (χ4v) is 4.03. The molecule has 8 nitrogen and oxygen atoms in total. The first-order valence-corrected chi connectivity index (χ1v) is 10.9. The van der Waals surface area contributed by atoms with E-state index in [0.717, 1.165) is 11.1 Å². The summed E-state index contributed by atoms with van der Waals surface area (Å²) in [6.07, 6.45) is 1.78. The first-order chi connectivity index (χ1) is 15.4. The monoisotopic (exact) mass is 468 g/mol. The minimum atomic E-state index is -0.454. The first-order valence-electron chi connectivity index (χ1n) is 9.55. The summed E-state index contributed by atoms with van der Waals surface area (Å²) in [5.41, 5.74) is 2.56. The van der Waals surface area contributed by atoms with Gasteiger partial charge < -0.3 is 4.52 Å². The van der Waals surface area contributed by atoms with Gasteiger partial charge in [0, 0.05) is 35.0 Å². The van der Waals surface area contributed by atoms with Crippen LogP contribution < -0.4 is 5.69 Å². The van der Waals surface area contributed by atoms with Crippen LogP contribution in [-0.4, -0.2) is 19.6 Å². The summed E-state index contributed by atoms with van der Waals surface area (Å²) in [5, 5.41) is 16.2. The van der Waals surface area contributed by atoms with Crippen molar-refractivity contribution in [3.8, 4) is 11.3 Å². The molecule has 0 unspecified atom stereocenters. The highest BCUT2D eigenvalue weighted by Gasteiger charge is 2.13. The molecule has 2 heterocycles. The number of hydrogen-bond acceptors (Lipinski definition) is 7. The molecule has 32 heavy (non-hydrogen) atoms. The smallest absolute Gasteiger partial charge is 0.348 e. The number of aromatic nitrogens is 3. The van der Waals surface area contributed by atoms with E-state index in [0.29, 0.717) is 39.4 Å². The molecule has 0 amide bonds.